The number of aryl methyl sites for hydroxylation is 1. The molecule has 1 saturated heterocycles. The van der Waals surface area contributed by atoms with Crippen LogP contribution in [0.5, 0.6) is 5.75 Å². The van der Waals surface area contributed by atoms with Gasteiger partial charge in [0, 0.05) is 13.1 Å². The molecule has 1 unspecified atom stereocenters. The molecule has 1 aliphatic heterocycles. The van der Waals surface area contributed by atoms with Crippen LogP contribution in [0, 0.1) is 6.92 Å². The van der Waals surface area contributed by atoms with Crippen molar-refractivity contribution in [1.29, 1.82) is 0 Å². The number of hydrogen-bond donors (Lipinski definition) is 1. The van der Waals surface area contributed by atoms with Gasteiger partial charge in [-0.05, 0) is 30.2 Å². The van der Waals surface area contributed by atoms with E-state index in [1.54, 1.807) is 23.1 Å². The van der Waals surface area contributed by atoms with Crippen LogP contribution >= 0.6 is 0 Å². The molecule has 24 heavy (non-hydrogen) atoms. The van der Waals surface area contributed by atoms with Gasteiger partial charge in [0.15, 0.2) is 0 Å². The Kier molecular flexibility index (Phi) is 4.51. The van der Waals surface area contributed by atoms with E-state index in [1.165, 1.54) is 7.11 Å². The van der Waals surface area contributed by atoms with Crippen LogP contribution in [0.4, 0.5) is 0 Å². The van der Waals surface area contributed by atoms with E-state index in [9.17, 15) is 9.59 Å². The first kappa shape index (κ1) is 16.1. The fraction of sp³-hybridized carbons (Fsp3) is 0.263. The van der Waals surface area contributed by atoms with Crippen LogP contribution in [0.25, 0.3) is 0 Å². The van der Waals surface area contributed by atoms with Crippen LogP contribution in [-0.4, -0.2) is 36.9 Å². The van der Waals surface area contributed by atoms with E-state index in [1.807, 2.05) is 37.3 Å². The maximum Gasteiger partial charge on any atom is 0.258 e. The molecule has 1 N–H and O–H groups in total. The first-order chi connectivity index (χ1) is 11.6. The summed E-state index contributed by atoms with van der Waals surface area (Å²) >= 11 is 0. The van der Waals surface area contributed by atoms with Crippen molar-refractivity contribution in [2.75, 3.05) is 20.2 Å². The average molecular weight is 324 g/mol. The van der Waals surface area contributed by atoms with Gasteiger partial charge in [0.05, 0.1) is 12.7 Å². The highest BCUT2D eigenvalue weighted by Crippen LogP contribution is 2.29. The van der Waals surface area contributed by atoms with E-state index in [2.05, 4.69) is 5.32 Å². The quantitative estimate of drug-likeness (QED) is 0.942. The van der Waals surface area contributed by atoms with E-state index in [0.29, 0.717) is 24.4 Å². The fourth-order valence-electron chi connectivity index (χ4n) is 3.06. The summed E-state index contributed by atoms with van der Waals surface area (Å²) in [6.45, 7) is 2.85. The highest BCUT2D eigenvalue weighted by atomic mass is 16.5. The van der Waals surface area contributed by atoms with E-state index in [4.69, 9.17) is 4.74 Å². The van der Waals surface area contributed by atoms with Crippen molar-refractivity contribution in [3.05, 3.63) is 65.2 Å². The molecule has 2 aromatic rings. The van der Waals surface area contributed by atoms with Crippen LogP contribution < -0.4 is 10.1 Å². The number of carbonyl (C=O) groups is 2. The molecule has 1 aliphatic rings. The van der Waals surface area contributed by atoms with Gasteiger partial charge in [-0.3, -0.25) is 9.59 Å². The van der Waals surface area contributed by atoms with Crippen LogP contribution in [0.1, 0.15) is 27.5 Å². The number of benzene rings is 2. The molecule has 0 aromatic heterocycles. The molecule has 0 saturated carbocycles. The molecular weight excluding hydrogens is 304 g/mol. The molecule has 0 radical (unpaired) electrons. The molecule has 1 atom stereocenters. The number of amides is 2. The third kappa shape index (κ3) is 2.85. The number of ether oxygens (including phenoxy) is 1. The van der Waals surface area contributed by atoms with Crippen molar-refractivity contribution < 1.29 is 14.3 Å². The van der Waals surface area contributed by atoms with Crippen LogP contribution in [0.3, 0.4) is 0 Å². The van der Waals surface area contributed by atoms with Crippen LogP contribution in [-0.2, 0) is 4.79 Å². The molecule has 0 aliphatic carbocycles. The van der Waals surface area contributed by atoms with Crippen LogP contribution in [0.15, 0.2) is 48.5 Å². The summed E-state index contributed by atoms with van der Waals surface area (Å²) < 4.78 is 5.30. The van der Waals surface area contributed by atoms with Gasteiger partial charge in [0.2, 0.25) is 5.91 Å². The number of rotatable bonds is 3. The Balaban J connectivity index is 2.02. The van der Waals surface area contributed by atoms with E-state index < -0.39 is 6.04 Å². The topological polar surface area (TPSA) is 58.6 Å². The SMILES string of the molecule is COc1ccccc1C(=O)N1CCNC(=O)C1c1ccccc1C. The molecule has 1 heterocycles. The summed E-state index contributed by atoms with van der Waals surface area (Å²) in [5.41, 5.74) is 2.30. The molecule has 5 nitrogen and oxygen atoms in total. The first-order valence-electron chi connectivity index (χ1n) is 7.90. The van der Waals surface area contributed by atoms with Crippen molar-refractivity contribution in [3.8, 4) is 5.75 Å². The maximum absolute atomic E-state index is 13.1. The van der Waals surface area contributed by atoms with E-state index in [0.717, 1.165) is 11.1 Å². The number of nitrogens with one attached hydrogen (secondary N) is 1. The number of hydrogen-bond acceptors (Lipinski definition) is 3. The van der Waals surface area contributed by atoms with Crippen molar-refractivity contribution in [3.63, 3.8) is 0 Å². The molecule has 1 fully saturated rings. The summed E-state index contributed by atoms with van der Waals surface area (Å²) in [5, 5.41) is 2.86. The second kappa shape index (κ2) is 6.74. The summed E-state index contributed by atoms with van der Waals surface area (Å²) in [6, 6.07) is 14.1. The summed E-state index contributed by atoms with van der Waals surface area (Å²) in [5.74, 6) is 0.159. The lowest BCUT2D eigenvalue weighted by molar-refractivity contribution is -0.128. The summed E-state index contributed by atoms with van der Waals surface area (Å²) in [6.07, 6.45) is 0. The third-order valence-corrected chi connectivity index (χ3v) is 4.29. The van der Waals surface area contributed by atoms with Gasteiger partial charge in [-0.25, -0.2) is 0 Å². The smallest absolute Gasteiger partial charge is 0.258 e. The molecule has 0 spiro atoms. The number of para-hydroxylation sites is 1. The summed E-state index contributed by atoms with van der Waals surface area (Å²) in [4.78, 5) is 27.2. The van der Waals surface area contributed by atoms with Gasteiger partial charge in [-0.15, -0.1) is 0 Å². The second-order valence-corrected chi connectivity index (χ2v) is 5.75. The zero-order valence-electron chi connectivity index (χ0n) is 13.8. The van der Waals surface area contributed by atoms with Crippen molar-refractivity contribution >= 4 is 11.8 Å². The molecule has 0 bridgehead atoms. The fourth-order valence-corrected chi connectivity index (χ4v) is 3.06. The van der Waals surface area contributed by atoms with Gasteiger partial charge >= 0.3 is 0 Å². The lowest BCUT2D eigenvalue weighted by Gasteiger charge is -2.36. The van der Waals surface area contributed by atoms with Gasteiger partial charge in [-0.1, -0.05) is 36.4 Å². The largest absolute Gasteiger partial charge is 0.496 e. The van der Waals surface area contributed by atoms with Gasteiger partial charge in [0.1, 0.15) is 11.8 Å². The normalized spacial score (nSPS) is 17.3. The zero-order chi connectivity index (χ0) is 17.1. The van der Waals surface area contributed by atoms with Crippen LogP contribution in [0.2, 0.25) is 0 Å². The standard InChI is InChI=1S/C19H20N2O3/c1-13-7-3-4-8-14(13)17-18(22)20-11-12-21(17)19(23)15-9-5-6-10-16(15)24-2/h3-10,17H,11-12H2,1-2H3,(H,20,22). The highest BCUT2D eigenvalue weighted by molar-refractivity contribution is 6.00. The number of nitrogens with zero attached hydrogens (tertiary/aromatic N) is 1. The minimum absolute atomic E-state index is 0.154. The molecule has 2 aromatic carbocycles. The molecule has 5 heteroatoms. The van der Waals surface area contributed by atoms with Crippen molar-refractivity contribution in [1.82, 2.24) is 10.2 Å². The predicted octanol–water partition coefficient (Wildman–Crippen LogP) is 2.32. The minimum Gasteiger partial charge on any atom is -0.496 e. The monoisotopic (exact) mass is 324 g/mol. The lowest BCUT2D eigenvalue weighted by atomic mass is 9.97. The zero-order valence-corrected chi connectivity index (χ0v) is 13.8. The maximum atomic E-state index is 13.1. The molecule has 2 amide bonds. The number of carbonyl (C=O) groups excluding carboxylic acids is 2. The van der Waals surface area contributed by atoms with E-state index in [-0.39, 0.29) is 11.8 Å². The molecule has 124 valence electrons. The van der Waals surface area contributed by atoms with Crippen molar-refractivity contribution in [2.45, 2.75) is 13.0 Å². The molecule has 3 rings (SSSR count). The Hall–Kier alpha value is -2.82. The van der Waals surface area contributed by atoms with Gasteiger partial charge in [0.25, 0.3) is 5.91 Å². The summed E-state index contributed by atoms with van der Waals surface area (Å²) in [7, 11) is 1.54. The van der Waals surface area contributed by atoms with Gasteiger partial charge in [-0.2, -0.15) is 0 Å². The number of piperazine rings is 1. The minimum atomic E-state index is -0.627. The Morgan fingerprint density at radius 3 is 2.62 bits per heavy atom. The second-order valence-electron chi connectivity index (χ2n) is 5.75. The molecular formula is C19H20N2O3. The lowest BCUT2D eigenvalue weighted by Crippen LogP contribution is -2.52. The predicted molar refractivity (Wildman–Crippen MR) is 91.0 cm³/mol. The van der Waals surface area contributed by atoms with E-state index >= 15 is 0 Å². The Morgan fingerprint density at radius 1 is 1.17 bits per heavy atom. The van der Waals surface area contributed by atoms with Gasteiger partial charge < -0.3 is 15.0 Å². The third-order valence-electron chi connectivity index (χ3n) is 4.29. The van der Waals surface area contributed by atoms with Crippen molar-refractivity contribution in [2.24, 2.45) is 0 Å². The highest BCUT2D eigenvalue weighted by Gasteiger charge is 2.36. The Bertz CT molecular complexity index is 773. The average Bonchev–Trinajstić information content (AvgIpc) is 2.61. The first-order valence-corrected chi connectivity index (χ1v) is 7.90. The Labute approximate surface area is 141 Å². The number of methoxy groups -OCH3 is 1. The Morgan fingerprint density at radius 2 is 1.88 bits per heavy atom.